The van der Waals surface area contributed by atoms with E-state index < -0.39 is 28.5 Å². The van der Waals surface area contributed by atoms with E-state index in [2.05, 4.69) is 21.2 Å². The molecule has 42 heavy (non-hydrogen) atoms. The molecule has 0 bridgehead atoms. The number of rotatable bonds is 12. The highest BCUT2D eigenvalue weighted by molar-refractivity contribution is 9.10. The molecule has 0 aliphatic heterocycles. The average Bonchev–Trinajstić information content (AvgIpc) is 3.47. The summed E-state index contributed by atoms with van der Waals surface area (Å²) < 4.78 is 27.8. The minimum Gasteiger partial charge on any atom is -0.352 e. The first-order valence-electron chi connectivity index (χ1n) is 14.0. The number of sulfonamides is 1. The Balaban J connectivity index is 1.73. The van der Waals surface area contributed by atoms with Gasteiger partial charge >= 0.3 is 0 Å². The fraction of sp³-hybridized carbons (Fsp3) is 0.344. The van der Waals surface area contributed by atoms with Gasteiger partial charge in [-0.25, -0.2) is 8.42 Å². The molecule has 0 heterocycles. The van der Waals surface area contributed by atoms with Crippen LogP contribution in [0.3, 0.4) is 0 Å². The number of halogens is 1. The van der Waals surface area contributed by atoms with E-state index in [0.717, 1.165) is 51.8 Å². The second-order valence-electron chi connectivity index (χ2n) is 10.7. The zero-order chi connectivity index (χ0) is 30.3. The zero-order valence-electron chi connectivity index (χ0n) is 23.8. The van der Waals surface area contributed by atoms with Crippen molar-refractivity contribution in [3.63, 3.8) is 0 Å². The summed E-state index contributed by atoms with van der Waals surface area (Å²) in [5, 5.41) is 3.15. The van der Waals surface area contributed by atoms with Gasteiger partial charge < -0.3 is 10.2 Å². The van der Waals surface area contributed by atoms with E-state index in [1.807, 2.05) is 54.6 Å². The van der Waals surface area contributed by atoms with Gasteiger partial charge in [0.25, 0.3) is 0 Å². The SMILES string of the molecule is CC(=O)c1cccc(N(CC(=O)N(Cc2ccc(Br)cc2)C(Cc2ccccc2)C(=O)NC2CCCC2)S(C)(=O)=O)c1. The fourth-order valence-corrected chi connectivity index (χ4v) is 6.31. The Hall–Kier alpha value is -3.50. The first kappa shape index (κ1) is 31.4. The predicted octanol–water partition coefficient (Wildman–Crippen LogP) is 5.12. The van der Waals surface area contributed by atoms with Crippen molar-refractivity contribution in [2.75, 3.05) is 17.1 Å². The van der Waals surface area contributed by atoms with E-state index in [4.69, 9.17) is 0 Å². The number of carbonyl (C=O) groups is 3. The molecule has 1 saturated carbocycles. The number of nitrogens with zero attached hydrogens (tertiary/aromatic N) is 2. The lowest BCUT2D eigenvalue weighted by molar-refractivity contribution is -0.140. The summed E-state index contributed by atoms with van der Waals surface area (Å²) in [6.45, 7) is 0.970. The molecule has 1 fully saturated rings. The van der Waals surface area contributed by atoms with Crippen LogP contribution in [0.4, 0.5) is 5.69 Å². The molecule has 1 aliphatic carbocycles. The van der Waals surface area contributed by atoms with Gasteiger partial charge in [0.2, 0.25) is 21.8 Å². The summed E-state index contributed by atoms with van der Waals surface area (Å²) in [6.07, 6.45) is 5.14. The van der Waals surface area contributed by atoms with Crippen molar-refractivity contribution in [1.82, 2.24) is 10.2 Å². The lowest BCUT2D eigenvalue weighted by atomic mass is 10.0. The predicted molar refractivity (Wildman–Crippen MR) is 168 cm³/mol. The van der Waals surface area contributed by atoms with Crippen molar-refractivity contribution < 1.29 is 22.8 Å². The third-order valence-corrected chi connectivity index (χ3v) is 9.13. The number of carbonyl (C=O) groups excluding carboxylic acids is 3. The molecular weight excluding hydrogens is 618 g/mol. The van der Waals surface area contributed by atoms with E-state index >= 15 is 0 Å². The van der Waals surface area contributed by atoms with E-state index in [9.17, 15) is 22.8 Å². The lowest BCUT2D eigenvalue weighted by Crippen LogP contribution is -2.54. The Morgan fingerprint density at radius 1 is 0.929 bits per heavy atom. The van der Waals surface area contributed by atoms with E-state index in [1.54, 1.807) is 18.2 Å². The van der Waals surface area contributed by atoms with Crippen LogP contribution in [0.15, 0.2) is 83.3 Å². The second-order valence-corrected chi connectivity index (χ2v) is 13.5. The van der Waals surface area contributed by atoms with Crippen molar-refractivity contribution in [3.8, 4) is 0 Å². The molecule has 4 rings (SSSR count). The number of Topliss-reactive ketones (excluding diaryl/α,β-unsaturated/α-hetero) is 1. The zero-order valence-corrected chi connectivity index (χ0v) is 26.2. The number of amides is 2. The number of anilines is 1. The molecule has 1 aliphatic rings. The number of nitrogens with one attached hydrogen (secondary N) is 1. The first-order valence-corrected chi connectivity index (χ1v) is 16.6. The molecule has 3 aromatic rings. The van der Waals surface area contributed by atoms with Crippen LogP contribution in [0.25, 0.3) is 0 Å². The molecule has 3 aromatic carbocycles. The van der Waals surface area contributed by atoms with Gasteiger partial charge in [0, 0.05) is 29.0 Å². The largest absolute Gasteiger partial charge is 0.352 e. The normalized spacial score (nSPS) is 14.3. The third kappa shape index (κ3) is 8.51. The maximum absolute atomic E-state index is 14.2. The molecule has 8 nitrogen and oxygen atoms in total. The van der Waals surface area contributed by atoms with Crippen molar-refractivity contribution in [2.45, 2.75) is 57.7 Å². The number of benzene rings is 3. The van der Waals surface area contributed by atoms with Gasteiger partial charge in [-0.15, -0.1) is 0 Å². The highest BCUT2D eigenvalue weighted by Gasteiger charge is 2.34. The number of hydrogen-bond donors (Lipinski definition) is 1. The first-order chi connectivity index (χ1) is 20.0. The van der Waals surface area contributed by atoms with Crippen LogP contribution in [-0.2, 0) is 32.6 Å². The number of ketones is 1. The van der Waals surface area contributed by atoms with E-state index in [1.165, 1.54) is 17.9 Å². The summed E-state index contributed by atoms with van der Waals surface area (Å²) in [4.78, 5) is 41.6. The number of hydrogen-bond acceptors (Lipinski definition) is 5. The van der Waals surface area contributed by atoms with Crippen molar-refractivity contribution in [1.29, 1.82) is 0 Å². The van der Waals surface area contributed by atoms with Crippen LogP contribution < -0.4 is 9.62 Å². The molecule has 1 atom stereocenters. The van der Waals surface area contributed by atoms with Crippen LogP contribution >= 0.6 is 15.9 Å². The Morgan fingerprint density at radius 3 is 2.21 bits per heavy atom. The van der Waals surface area contributed by atoms with Crippen LogP contribution in [-0.4, -0.2) is 55.8 Å². The highest BCUT2D eigenvalue weighted by Crippen LogP contribution is 2.23. The minimum absolute atomic E-state index is 0.0437. The highest BCUT2D eigenvalue weighted by atomic mass is 79.9. The van der Waals surface area contributed by atoms with Crippen molar-refractivity contribution in [3.05, 3.63) is 100 Å². The van der Waals surface area contributed by atoms with E-state index in [0.29, 0.717) is 5.56 Å². The smallest absolute Gasteiger partial charge is 0.244 e. The Morgan fingerprint density at radius 2 is 1.60 bits per heavy atom. The van der Waals surface area contributed by atoms with Gasteiger partial charge in [-0.2, -0.15) is 0 Å². The quantitative estimate of drug-likeness (QED) is 0.274. The van der Waals surface area contributed by atoms with E-state index in [-0.39, 0.29) is 36.4 Å². The fourth-order valence-electron chi connectivity index (χ4n) is 5.20. The minimum atomic E-state index is -3.92. The van der Waals surface area contributed by atoms with Crippen molar-refractivity contribution in [2.24, 2.45) is 0 Å². The molecule has 222 valence electrons. The van der Waals surface area contributed by atoms with Gasteiger partial charge in [0.15, 0.2) is 5.78 Å². The van der Waals surface area contributed by atoms with Gasteiger partial charge in [-0.1, -0.05) is 83.4 Å². The molecule has 0 saturated heterocycles. The maximum Gasteiger partial charge on any atom is 0.244 e. The van der Waals surface area contributed by atoms with Gasteiger partial charge in [-0.3, -0.25) is 18.7 Å². The Labute approximate surface area is 256 Å². The summed E-state index contributed by atoms with van der Waals surface area (Å²) in [5.41, 5.74) is 2.21. The molecule has 1 unspecified atom stereocenters. The maximum atomic E-state index is 14.2. The molecule has 2 amide bonds. The van der Waals surface area contributed by atoms with Crippen LogP contribution in [0.2, 0.25) is 0 Å². The molecule has 1 N–H and O–H groups in total. The Kier molecular flexibility index (Phi) is 10.6. The van der Waals surface area contributed by atoms with Crippen LogP contribution in [0.1, 0.15) is 54.1 Å². The third-order valence-electron chi connectivity index (χ3n) is 7.46. The lowest BCUT2D eigenvalue weighted by Gasteiger charge is -2.34. The summed E-state index contributed by atoms with van der Waals surface area (Å²) >= 11 is 3.44. The van der Waals surface area contributed by atoms with Gasteiger partial charge in [0.1, 0.15) is 12.6 Å². The summed E-state index contributed by atoms with van der Waals surface area (Å²) in [5.74, 6) is -1.01. The topological polar surface area (TPSA) is 104 Å². The molecule has 10 heteroatoms. The van der Waals surface area contributed by atoms with Crippen LogP contribution in [0, 0.1) is 0 Å². The van der Waals surface area contributed by atoms with Crippen molar-refractivity contribution >= 4 is 49.2 Å². The Bertz CT molecular complexity index is 1510. The average molecular weight is 655 g/mol. The standard InChI is InChI=1S/C32H36BrN3O5S/c1-23(37)26-11-8-14-29(20-26)36(42(2,40)41)22-31(38)35(21-25-15-17-27(33)18-16-25)30(19-24-9-4-3-5-10-24)32(39)34-28-12-6-7-13-28/h3-5,8-11,14-18,20,28,30H,6-7,12-13,19,21-22H2,1-2H3,(H,34,39). The molecule has 0 spiro atoms. The summed E-state index contributed by atoms with van der Waals surface area (Å²) in [7, 11) is -3.92. The molecule has 0 aromatic heterocycles. The van der Waals surface area contributed by atoms with Crippen LogP contribution in [0.5, 0.6) is 0 Å². The molecular formula is C32H36BrN3O5S. The van der Waals surface area contributed by atoms with Gasteiger partial charge in [0.05, 0.1) is 11.9 Å². The monoisotopic (exact) mass is 653 g/mol. The second kappa shape index (κ2) is 14.1. The van der Waals surface area contributed by atoms with Gasteiger partial charge in [-0.05, 0) is 55.2 Å². The molecule has 0 radical (unpaired) electrons. The summed E-state index contributed by atoms with van der Waals surface area (Å²) in [6, 6.07) is 22.3.